The number of piperazine rings is 1. The Morgan fingerprint density at radius 1 is 0.875 bits per heavy atom. The SMILES string of the molecule is Cc1ccc(CN2C(=O)C(=Cc3ccc(C(=O)N4CCN(c5ccccn5)CC4)cc3)Sc3ccccc32)cc1. The molecule has 2 aliphatic rings. The number of carbonyl (C=O) groups is 2. The summed E-state index contributed by atoms with van der Waals surface area (Å²) in [5, 5.41) is 0. The summed E-state index contributed by atoms with van der Waals surface area (Å²) in [5.41, 5.74) is 4.76. The summed E-state index contributed by atoms with van der Waals surface area (Å²) >= 11 is 1.49. The van der Waals surface area contributed by atoms with E-state index >= 15 is 0 Å². The average Bonchev–Trinajstić information content (AvgIpc) is 3.01. The fourth-order valence-electron chi connectivity index (χ4n) is 5.03. The van der Waals surface area contributed by atoms with Crippen molar-refractivity contribution >= 4 is 41.2 Å². The van der Waals surface area contributed by atoms with E-state index in [1.165, 1.54) is 17.3 Å². The number of aryl methyl sites for hydroxylation is 1. The van der Waals surface area contributed by atoms with Crippen LogP contribution >= 0.6 is 11.8 Å². The summed E-state index contributed by atoms with van der Waals surface area (Å²) in [4.78, 5) is 38.9. The summed E-state index contributed by atoms with van der Waals surface area (Å²) in [6.45, 7) is 5.39. The van der Waals surface area contributed by atoms with Crippen LogP contribution in [0.1, 0.15) is 27.0 Å². The third-order valence-corrected chi connectivity index (χ3v) is 8.37. The summed E-state index contributed by atoms with van der Waals surface area (Å²) in [6, 6.07) is 29.8. The molecule has 4 aromatic rings. The Bertz CT molecular complexity index is 1540. The smallest absolute Gasteiger partial charge is 0.265 e. The van der Waals surface area contributed by atoms with Gasteiger partial charge in [0.1, 0.15) is 5.82 Å². The maximum absolute atomic E-state index is 13.6. The van der Waals surface area contributed by atoms with Gasteiger partial charge in [0.25, 0.3) is 11.8 Å². The van der Waals surface area contributed by atoms with Gasteiger partial charge >= 0.3 is 0 Å². The van der Waals surface area contributed by atoms with E-state index in [0.29, 0.717) is 30.1 Å². The molecule has 2 amide bonds. The molecule has 40 heavy (non-hydrogen) atoms. The van der Waals surface area contributed by atoms with Crippen LogP contribution in [0.3, 0.4) is 0 Å². The second kappa shape index (κ2) is 11.4. The number of aromatic nitrogens is 1. The first-order chi connectivity index (χ1) is 19.5. The number of pyridine rings is 1. The third-order valence-electron chi connectivity index (χ3n) is 7.29. The highest BCUT2D eigenvalue weighted by atomic mass is 32.2. The van der Waals surface area contributed by atoms with Crippen LogP contribution in [0.25, 0.3) is 6.08 Å². The van der Waals surface area contributed by atoms with Gasteiger partial charge in [-0.25, -0.2) is 4.98 Å². The van der Waals surface area contributed by atoms with Crippen molar-refractivity contribution in [3.63, 3.8) is 0 Å². The van der Waals surface area contributed by atoms with E-state index in [4.69, 9.17) is 0 Å². The van der Waals surface area contributed by atoms with Gasteiger partial charge in [0.15, 0.2) is 0 Å². The van der Waals surface area contributed by atoms with Gasteiger partial charge in [-0.15, -0.1) is 0 Å². The molecule has 1 fully saturated rings. The average molecular weight is 547 g/mol. The molecule has 3 heterocycles. The lowest BCUT2D eigenvalue weighted by Crippen LogP contribution is -2.49. The molecule has 0 aliphatic carbocycles. The Morgan fingerprint density at radius 2 is 1.60 bits per heavy atom. The quantitative estimate of drug-likeness (QED) is 0.286. The lowest BCUT2D eigenvalue weighted by molar-refractivity contribution is -0.114. The molecule has 7 heteroatoms. The van der Waals surface area contributed by atoms with Crippen molar-refractivity contribution in [3.8, 4) is 0 Å². The number of para-hydroxylation sites is 1. The zero-order valence-corrected chi connectivity index (χ0v) is 23.2. The molecule has 0 atom stereocenters. The van der Waals surface area contributed by atoms with Crippen LogP contribution in [0.4, 0.5) is 11.5 Å². The van der Waals surface area contributed by atoms with E-state index in [-0.39, 0.29) is 11.8 Å². The molecule has 3 aromatic carbocycles. The first kappa shape index (κ1) is 25.9. The highest BCUT2D eigenvalue weighted by Gasteiger charge is 2.29. The molecule has 0 radical (unpaired) electrons. The predicted molar refractivity (Wildman–Crippen MR) is 161 cm³/mol. The van der Waals surface area contributed by atoms with Crippen molar-refractivity contribution in [3.05, 3.63) is 124 Å². The molecule has 1 aromatic heterocycles. The van der Waals surface area contributed by atoms with Crippen LogP contribution in [0.2, 0.25) is 0 Å². The first-order valence-corrected chi connectivity index (χ1v) is 14.3. The summed E-state index contributed by atoms with van der Waals surface area (Å²) < 4.78 is 0. The van der Waals surface area contributed by atoms with Crippen LogP contribution in [0.15, 0.2) is 107 Å². The summed E-state index contributed by atoms with van der Waals surface area (Å²) in [5.74, 6) is 0.957. The van der Waals surface area contributed by atoms with Gasteiger partial charge in [-0.2, -0.15) is 0 Å². The minimum atomic E-state index is -0.0183. The lowest BCUT2D eigenvalue weighted by atomic mass is 10.1. The van der Waals surface area contributed by atoms with Crippen LogP contribution in [-0.4, -0.2) is 47.9 Å². The second-order valence-electron chi connectivity index (χ2n) is 10.0. The maximum Gasteiger partial charge on any atom is 0.265 e. The van der Waals surface area contributed by atoms with Crippen LogP contribution in [0, 0.1) is 6.92 Å². The molecule has 6 nitrogen and oxygen atoms in total. The number of nitrogens with zero attached hydrogens (tertiary/aromatic N) is 4. The van der Waals surface area contributed by atoms with E-state index in [9.17, 15) is 9.59 Å². The fraction of sp³-hybridized carbons (Fsp3) is 0.182. The number of hydrogen-bond donors (Lipinski definition) is 0. The van der Waals surface area contributed by atoms with E-state index in [2.05, 4.69) is 47.1 Å². The Hall–Kier alpha value is -4.36. The maximum atomic E-state index is 13.6. The van der Waals surface area contributed by atoms with E-state index < -0.39 is 0 Å². The number of hydrogen-bond acceptors (Lipinski definition) is 5. The highest BCUT2D eigenvalue weighted by Crippen LogP contribution is 2.42. The van der Waals surface area contributed by atoms with Gasteiger partial charge in [0, 0.05) is 42.8 Å². The Balaban J connectivity index is 1.16. The number of thioether (sulfide) groups is 1. The van der Waals surface area contributed by atoms with Gasteiger partial charge in [-0.05, 0) is 60.5 Å². The standard InChI is InChI=1S/C33H30N4O2S/c1-24-9-11-26(12-10-24)23-37-28-6-2-3-7-29(28)40-30(33(37)39)22-25-13-15-27(16-14-25)32(38)36-20-18-35(19-21-36)31-8-4-5-17-34-31/h2-17,22H,18-21,23H2,1H3. The topological polar surface area (TPSA) is 56.8 Å². The summed E-state index contributed by atoms with van der Waals surface area (Å²) in [6.07, 6.45) is 3.72. The molecular formula is C33H30N4O2S. The van der Waals surface area contributed by atoms with Gasteiger partial charge in [0.05, 0.1) is 17.1 Å². The largest absolute Gasteiger partial charge is 0.353 e. The molecule has 1 saturated heterocycles. The van der Waals surface area contributed by atoms with Gasteiger partial charge in [0.2, 0.25) is 0 Å². The molecular weight excluding hydrogens is 516 g/mol. The second-order valence-corrected chi connectivity index (χ2v) is 11.1. The Morgan fingerprint density at radius 3 is 2.33 bits per heavy atom. The predicted octanol–water partition coefficient (Wildman–Crippen LogP) is 6.03. The third kappa shape index (κ3) is 5.51. The number of rotatable bonds is 5. The normalized spacial score (nSPS) is 16.3. The lowest BCUT2D eigenvalue weighted by Gasteiger charge is -2.35. The zero-order chi connectivity index (χ0) is 27.5. The number of benzene rings is 3. The summed E-state index contributed by atoms with van der Waals surface area (Å²) in [7, 11) is 0. The molecule has 0 bridgehead atoms. The number of carbonyl (C=O) groups excluding carboxylic acids is 2. The molecule has 0 spiro atoms. The minimum Gasteiger partial charge on any atom is -0.353 e. The van der Waals surface area contributed by atoms with Gasteiger partial charge in [-0.3, -0.25) is 9.59 Å². The molecule has 0 N–H and O–H groups in total. The Kier molecular flexibility index (Phi) is 7.38. The molecule has 6 rings (SSSR count). The van der Waals surface area contributed by atoms with Crippen LogP contribution in [-0.2, 0) is 11.3 Å². The van der Waals surface area contributed by atoms with Gasteiger partial charge < -0.3 is 14.7 Å². The number of fused-ring (bicyclic) bond motifs is 1. The van der Waals surface area contributed by atoms with Crippen LogP contribution < -0.4 is 9.80 Å². The van der Waals surface area contributed by atoms with Crippen molar-refractivity contribution in [1.82, 2.24) is 9.88 Å². The van der Waals surface area contributed by atoms with E-state index in [1.807, 2.05) is 76.5 Å². The van der Waals surface area contributed by atoms with Crippen molar-refractivity contribution in [2.24, 2.45) is 0 Å². The molecule has 0 saturated carbocycles. The number of anilines is 2. The number of amides is 2. The minimum absolute atomic E-state index is 0.0183. The zero-order valence-electron chi connectivity index (χ0n) is 22.4. The van der Waals surface area contributed by atoms with Gasteiger partial charge in [-0.1, -0.05) is 71.9 Å². The van der Waals surface area contributed by atoms with Crippen molar-refractivity contribution < 1.29 is 9.59 Å². The van der Waals surface area contributed by atoms with Crippen LogP contribution in [0.5, 0.6) is 0 Å². The fourth-order valence-corrected chi connectivity index (χ4v) is 6.09. The van der Waals surface area contributed by atoms with E-state index in [1.54, 1.807) is 6.20 Å². The van der Waals surface area contributed by atoms with E-state index in [0.717, 1.165) is 40.6 Å². The van der Waals surface area contributed by atoms with Crippen molar-refractivity contribution in [2.75, 3.05) is 36.0 Å². The molecule has 2 aliphatic heterocycles. The van der Waals surface area contributed by atoms with Crippen molar-refractivity contribution in [2.45, 2.75) is 18.4 Å². The first-order valence-electron chi connectivity index (χ1n) is 13.5. The van der Waals surface area contributed by atoms with Crippen molar-refractivity contribution in [1.29, 1.82) is 0 Å². The Labute approximate surface area is 238 Å². The molecule has 0 unspecified atom stereocenters. The molecule has 200 valence electrons. The highest BCUT2D eigenvalue weighted by molar-refractivity contribution is 8.04. The monoisotopic (exact) mass is 546 g/mol.